The van der Waals surface area contributed by atoms with Crippen molar-refractivity contribution in [3.63, 3.8) is 0 Å². The molecule has 0 spiro atoms. The molecule has 7 rings (SSSR count). The third kappa shape index (κ3) is 5.49. The highest BCUT2D eigenvalue weighted by atomic mass is 32.2. The molecule has 4 saturated carbocycles. The number of ketones is 1. The Morgan fingerprint density at radius 2 is 1.19 bits per heavy atom. The molecule has 4 aliphatic rings. The first kappa shape index (κ1) is 25.3. The second kappa shape index (κ2) is 10.9. The molecule has 4 bridgehead atoms. The summed E-state index contributed by atoms with van der Waals surface area (Å²) in [5.41, 5.74) is -0.597. The van der Waals surface area contributed by atoms with E-state index in [-0.39, 0.29) is 22.7 Å². The first-order valence-corrected chi connectivity index (χ1v) is 14.0. The second-order valence-corrected chi connectivity index (χ2v) is 12.2. The van der Waals surface area contributed by atoms with Crippen molar-refractivity contribution in [2.75, 3.05) is 6.61 Å². The van der Waals surface area contributed by atoms with Crippen LogP contribution in [0.2, 0.25) is 0 Å². The van der Waals surface area contributed by atoms with Crippen LogP contribution in [0.5, 0.6) is 0 Å². The Balaban J connectivity index is 0.000000152. The highest BCUT2D eigenvalue weighted by Gasteiger charge is 2.59. The first-order chi connectivity index (χ1) is 17.9. The summed E-state index contributed by atoms with van der Waals surface area (Å²) in [5.74, 6) is -1.12. The van der Waals surface area contributed by atoms with Gasteiger partial charge in [-0.05, 0) is 74.4 Å². The third-order valence-corrected chi connectivity index (χ3v) is 9.92. The van der Waals surface area contributed by atoms with Crippen LogP contribution in [0.4, 0.5) is 0 Å². The lowest BCUT2D eigenvalue weighted by atomic mass is 9.49. The number of carboxylic acid groups (broad SMARTS) is 1. The number of hydrogen-bond donors (Lipinski definition) is 0. The molecule has 6 heteroatoms. The van der Waals surface area contributed by atoms with Gasteiger partial charge in [-0.25, -0.2) is 0 Å². The lowest BCUT2D eigenvalue weighted by Gasteiger charge is -2.53. The normalized spacial score (nSPS) is 25.3. The summed E-state index contributed by atoms with van der Waals surface area (Å²) in [6.45, 7) is -0.686. The number of benzene rings is 3. The zero-order valence-electron chi connectivity index (χ0n) is 20.6. The Morgan fingerprint density at radius 3 is 1.59 bits per heavy atom. The summed E-state index contributed by atoms with van der Waals surface area (Å²) in [4.78, 5) is 38.5. The predicted octanol–water partition coefficient (Wildman–Crippen LogP) is 4.46. The second-order valence-electron chi connectivity index (χ2n) is 10.2. The fourth-order valence-corrected chi connectivity index (χ4v) is 8.46. The molecule has 2 unspecified atom stereocenters. The number of esters is 1. The van der Waals surface area contributed by atoms with Gasteiger partial charge in [0.1, 0.15) is 12.4 Å². The maximum absolute atomic E-state index is 12.1. The van der Waals surface area contributed by atoms with Crippen molar-refractivity contribution >= 4 is 28.6 Å². The standard InChI is InChI=1S/C18H15S.C13H16O5/c1-4-10-16(11-5-1)19(17-12-6-2-7-13-17)18-14-8-3-9-15-18;14-10(15)6-18-12(17)13-3-7-1-8(4-13)11(16)9(2-7)5-13/h1-15H;7-9H,1-6H2,(H,14,15)/q+1;/p-1. The van der Waals surface area contributed by atoms with Crippen molar-refractivity contribution in [3.8, 4) is 0 Å². The number of rotatable bonds is 6. The maximum Gasteiger partial charge on any atom is 0.312 e. The van der Waals surface area contributed by atoms with Crippen LogP contribution in [-0.4, -0.2) is 24.3 Å². The van der Waals surface area contributed by atoms with Gasteiger partial charge in [-0.2, -0.15) is 0 Å². The molecule has 0 heterocycles. The summed E-state index contributed by atoms with van der Waals surface area (Å²) in [7, 11) is -0.0146. The largest absolute Gasteiger partial charge is 0.546 e. The fourth-order valence-electron chi connectivity index (χ4n) is 6.35. The minimum atomic E-state index is -1.39. The summed E-state index contributed by atoms with van der Waals surface area (Å²) in [5, 5.41) is 10.3. The lowest BCUT2D eigenvalue weighted by Crippen LogP contribution is -2.55. The predicted molar refractivity (Wildman–Crippen MR) is 138 cm³/mol. The van der Waals surface area contributed by atoms with E-state index in [1.807, 2.05) is 0 Å². The van der Waals surface area contributed by atoms with Crippen molar-refractivity contribution in [1.82, 2.24) is 0 Å². The van der Waals surface area contributed by atoms with Gasteiger partial charge in [0.05, 0.1) is 22.3 Å². The van der Waals surface area contributed by atoms with E-state index in [4.69, 9.17) is 4.74 Å². The van der Waals surface area contributed by atoms with E-state index in [9.17, 15) is 19.5 Å². The topological polar surface area (TPSA) is 83.5 Å². The van der Waals surface area contributed by atoms with Gasteiger partial charge in [-0.1, -0.05) is 54.6 Å². The van der Waals surface area contributed by atoms with Gasteiger partial charge in [0.2, 0.25) is 0 Å². The monoisotopic (exact) mass is 514 g/mol. The molecule has 5 nitrogen and oxygen atoms in total. The highest BCUT2D eigenvalue weighted by Crippen LogP contribution is 2.59. The molecule has 0 N–H and O–H groups in total. The van der Waals surface area contributed by atoms with E-state index in [0.717, 1.165) is 19.3 Å². The zero-order valence-corrected chi connectivity index (χ0v) is 21.4. The fraction of sp³-hybridized carbons (Fsp3) is 0.323. The summed E-state index contributed by atoms with van der Waals surface area (Å²) in [6.07, 6.45) is 3.63. The van der Waals surface area contributed by atoms with E-state index < -0.39 is 24.0 Å². The van der Waals surface area contributed by atoms with Crippen molar-refractivity contribution < 1.29 is 24.2 Å². The molecule has 4 fully saturated rings. The summed E-state index contributed by atoms with van der Waals surface area (Å²) < 4.78 is 4.81. The quantitative estimate of drug-likeness (QED) is 0.358. The molecule has 0 amide bonds. The number of carboxylic acids is 1. The van der Waals surface area contributed by atoms with Crippen molar-refractivity contribution in [3.05, 3.63) is 91.0 Å². The molecular formula is C31H30O5S. The van der Waals surface area contributed by atoms with Crippen molar-refractivity contribution in [1.29, 1.82) is 0 Å². The molecule has 3 aromatic rings. The Kier molecular flexibility index (Phi) is 7.47. The first-order valence-electron chi connectivity index (χ1n) is 12.8. The smallest absolute Gasteiger partial charge is 0.312 e. The van der Waals surface area contributed by atoms with Gasteiger partial charge in [-0.3, -0.25) is 9.59 Å². The maximum atomic E-state index is 12.1. The van der Waals surface area contributed by atoms with Crippen LogP contribution in [-0.2, 0) is 30.0 Å². The molecule has 0 aliphatic heterocycles. The van der Waals surface area contributed by atoms with Crippen LogP contribution >= 0.6 is 0 Å². The Bertz CT molecular complexity index is 1130. The van der Waals surface area contributed by atoms with Crippen molar-refractivity contribution in [2.24, 2.45) is 23.2 Å². The molecule has 4 aliphatic carbocycles. The lowest BCUT2D eigenvalue weighted by molar-refractivity contribution is -0.309. The van der Waals surface area contributed by atoms with E-state index in [2.05, 4.69) is 91.0 Å². The molecule has 0 radical (unpaired) electrons. The van der Waals surface area contributed by atoms with E-state index in [1.165, 1.54) is 14.7 Å². The van der Waals surface area contributed by atoms with Crippen LogP contribution < -0.4 is 5.11 Å². The number of carbonyl (C=O) groups excluding carboxylic acids is 3. The molecule has 0 saturated heterocycles. The van der Waals surface area contributed by atoms with Gasteiger partial charge in [-0.15, -0.1) is 0 Å². The molecule has 2 atom stereocenters. The molecule has 0 aromatic heterocycles. The van der Waals surface area contributed by atoms with Crippen LogP contribution in [0.3, 0.4) is 0 Å². The number of carbonyl (C=O) groups is 3. The van der Waals surface area contributed by atoms with Crippen molar-refractivity contribution in [2.45, 2.75) is 46.8 Å². The van der Waals surface area contributed by atoms with Crippen LogP contribution in [0.15, 0.2) is 106 Å². The molecular weight excluding hydrogens is 484 g/mol. The van der Waals surface area contributed by atoms with E-state index >= 15 is 0 Å². The highest BCUT2D eigenvalue weighted by molar-refractivity contribution is 7.97. The molecule has 3 aromatic carbocycles. The summed E-state index contributed by atoms with van der Waals surface area (Å²) >= 11 is 0. The Labute approximate surface area is 220 Å². The number of Topliss-reactive ketones (excluding diaryl/α,β-unsaturated/α-hetero) is 1. The van der Waals surface area contributed by atoms with E-state index in [0.29, 0.717) is 24.5 Å². The average Bonchev–Trinajstić information content (AvgIpc) is 2.92. The van der Waals surface area contributed by atoms with Crippen LogP contribution in [0.25, 0.3) is 0 Å². The minimum Gasteiger partial charge on any atom is -0.546 e. The van der Waals surface area contributed by atoms with Gasteiger partial charge >= 0.3 is 5.97 Å². The SMILES string of the molecule is O=C([O-])COC(=O)C12CC3CC(C1)C(=O)C(C3)C2.c1ccc([S+](c2ccccc2)c2ccccc2)cc1. The van der Waals surface area contributed by atoms with Gasteiger partial charge < -0.3 is 14.6 Å². The number of aliphatic carboxylic acids is 1. The number of ether oxygens (including phenoxy) is 1. The number of hydrogen-bond acceptors (Lipinski definition) is 5. The van der Waals surface area contributed by atoms with Gasteiger partial charge in [0.25, 0.3) is 0 Å². The molecule has 190 valence electrons. The zero-order chi connectivity index (χ0) is 25.8. The van der Waals surface area contributed by atoms with E-state index in [1.54, 1.807) is 0 Å². The summed E-state index contributed by atoms with van der Waals surface area (Å²) in [6, 6.07) is 32.2. The van der Waals surface area contributed by atoms with Gasteiger partial charge in [0.15, 0.2) is 14.7 Å². The Morgan fingerprint density at radius 1 is 0.757 bits per heavy atom. The average molecular weight is 515 g/mol. The molecule has 37 heavy (non-hydrogen) atoms. The third-order valence-electron chi connectivity index (χ3n) is 7.68. The minimum absolute atomic E-state index is 0.00764. The van der Waals surface area contributed by atoms with Gasteiger partial charge in [0, 0.05) is 11.8 Å². The Hall–Kier alpha value is -3.38. The van der Waals surface area contributed by atoms with Crippen LogP contribution in [0, 0.1) is 23.2 Å². The van der Waals surface area contributed by atoms with Crippen LogP contribution in [0.1, 0.15) is 32.1 Å².